The van der Waals surface area contributed by atoms with Crippen molar-refractivity contribution in [2.75, 3.05) is 6.61 Å². The first kappa shape index (κ1) is 11.1. The number of amides is 1. The van der Waals surface area contributed by atoms with Gasteiger partial charge in [0, 0.05) is 17.9 Å². The standard InChI is InChI=1S/C10H10FNO3S/c11-16(14)7-1-2-9-8(4-7)6(5-15-9)3-10(12)13/h1-2,4,6H,3,5H2,(H2,12,13). The van der Waals surface area contributed by atoms with E-state index in [2.05, 4.69) is 0 Å². The van der Waals surface area contributed by atoms with Crippen molar-refractivity contribution in [3.63, 3.8) is 0 Å². The third kappa shape index (κ3) is 2.06. The van der Waals surface area contributed by atoms with Crippen LogP contribution in [0.3, 0.4) is 0 Å². The molecule has 2 N–H and O–H groups in total. The molecule has 2 unspecified atom stereocenters. The summed E-state index contributed by atoms with van der Waals surface area (Å²) in [6, 6.07) is 4.43. The average molecular weight is 243 g/mol. The predicted molar refractivity (Wildman–Crippen MR) is 56.0 cm³/mol. The molecule has 1 aromatic carbocycles. The summed E-state index contributed by atoms with van der Waals surface area (Å²) in [5.41, 5.74) is 5.80. The van der Waals surface area contributed by atoms with E-state index in [-0.39, 0.29) is 17.2 Å². The molecule has 6 heteroatoms. The lowest BCUT2D eigenvalue weighted by molar-refractivity contribution is -0.118. The molecule has 1 aromatic rings. The second-order valence-electron chi connectivity index (χ2n) is 3.60. The molecule has 16 heavy (non-hydrogen) atoms. The van der Waals surface area contributed by atoms with Crippen LogP contribution >= 0.6 is 0 Å². The van der Waals surface area contributed by atoms with Crippen LogP contribution in [-0.2, 0) is 16.0 Å². The lowest BCUT2D eigenvalue weighted by Gasteiger charge is -2.05. The number of hydrogen-bond acceptors (Lipinski definition) is 3. The summed E-state index contributed by atoms with van der Waals surface area (Å²) in [7, 11) is 0. The van der Waals surface area contributed by atoms with Crippen molar-refractivity contribution < 1.29 is 17.6 Å². The molecule has 0 bridgehead atoms. The molecule has 86 valence electrons. The van der Waals surface area contributed by atoms with E-state index in [4.69, 9.17) is 10.5 Å². The smallest absolute Gasteiger partial charge is 0.231 e. The van der Waals surface area contributed by atoms with E-state index in [9.17, 15) is 12.9 Å². The molecule has 2 atom stereocenters. The zero-order chi connectivity index (χ0) is 11.7. The topological polar surface area (TPSA) is 69.4 Å². The Hall–Kier alpha value is -1.43. The van der Waals surface area contributed by atoms with Crippen LogP contribution in [0, 0.1) is 0 Å². The Morgan fingerprint density at radius 1 is 1.62 bits per heavy atom. The van der Waals surface area contributed by atoms with Gasteiger partial charge in [-0.25, -0.2) is 4.21 Å². The molecule has 0 saturated heterocycles. The molecule has 1 amide bonds. The van der Waals surface area contributed by atoms with Crippen molar-refractivity contribution in [3.8, 4) is 5.75 Å². The number of carbonyl (C=O) groups excluding carboxylic acids is 1. The SMILES string of the molecule is NC(=O)CC1COc2ccc(S(=O)F)cc21. The Kier molecular flexibility index (Phi) is 2.91. The van der Waals surface area contributed by atoms with E-state index in [1.807, 2.05) is 0 Å². The number of benzene rings is 1. The van der Waals surface area contributed by atoms with Gasteiger partial charge in [0.25, 0.3) is 0 Å². The van der Waals surface area contributed by atoms with Crippen molar-refractivity contribution in [1.29, 1.82) is 0 Å². The summed E-state index contributed by atoms with van der Waals surface area (Å²) in [6.45, 7) is 0.348. The van der Waals surface area contributed by atoms with Gasteiger partial charge in [0.15, 0.2) is 0 Å². The number of rotatable bonds is 3. The molecular weight excluding hydrogens is 233 g/mol. The molecule has 0 radical (unpaired) electrons. The predicted octanol–water partition coefficient (Wildman–Crippen LogP) is 1.03. The first-order chi connectivity index (χ1) is 7.58. The molecule has 2 rings (SSSR count). The minimum absolute atomic E-state index is 0.0821. The third-order valence-corrected chi connectivity index (χ3v) is 3.12. The Morgan fingerprint density at radius 3 is 3.00 bits per heavy atom. The zero-order valence-electron chi connectivity index (χ0n) is 8.31. The number of ether oxygens (including phenoxy) is 1. The number of primary amides is 1. The van der Waals surface area contributed by atoms with Crippen LogP contribution in [0.2, 0.25) is 0 Å². The minimum Gasteiger partial charge on any atom is -0.493 e. The van der Waals surface area contributed by atoms with Crippen molar-refractivity contribution in [3.05, 3.63) is 23.8 Å². The fourth-order valence-corrected chi connectivity index (χ4v) is 2.16. The maximum Gasteiger partial charge on any atom is 0.231 e. The second-order valence-corrected chi connectivity index (χ2v) is 4.52. The summed E-state index contributed by atoms with van der Waals surface area (Å²) in [4.78, 5) is 10.9. The first-order valence-corrected chi connectivity index (χ1v) is 5.76. The van der Waals surface area contributed by atoms with Gasteiger partial charge in [-0.1, -0.05) is 0 Å². The van der Waals surface area contributed by atoms with E-state index < -0.39 is 17.1 Å². The average Bonchev–Trinajstić information content (AvgIpc) is 2.60. The fourth-order valence-electron chi connectivity index (χ4n) is 1.77. The zero-order valence-corrected chi connectivity index (χ0v) is 9.13. The number of nitrogens with two attached hydrogens (primary N) is 1. The van der Waals surface area contributed by atoms with E-state index >= 15 is 0 Å². The van der Waals surface area contributed by atoms with E-state index in [1.165, 1.54) is 12.1 Å². The van der Waals surface area contributed by atoms with Crippen LogP contribution in [0.4, 0.5) is 3.89 Å². The molecule has 0 saturated carbocycles. The first-order valence-electron chi connectivity index (χ1n) is 4.71. The van der Waals surface area contributed by atoms with Crippen LogP contribution in [0.5, 0.6) is 5.75 Å². The van der Waals surface area contributed by atoms with Gasteiger partial charge >= 0.3 is 0 Å². The number of fused-ring (bicyclic) bond motifs is 1. The minimum atomic E-state index is -2.52. The molecule has 1 heterocycles. The summed E-state index contributed by atoms with van der Waals surface area (Å²) < 4.78 is 28.6. The summed E-state index contributed by atoms with van der Waals surface area (Å²) in [6.07, 6.45) is 0.148. The van der Waals surface area contributed by atoms with E-state index in [0.29, 0.717) is 17.9 Å². The highest BCUT2D eigenvalue weighted by Gasteiger charge is 2.26. The fraction of sp³-hybridized carbons (Fsp3) is 0.300. The monoisotopic (exact) mass is 243 g/mol. The molecular formula is C10H10FNO3S. The van der Waals surface area contributed by atoms with Crippen molar-refractivity contribution in [2.45, 2.75) is 17.2 Å². The van der Waals surface area contributed by atoms with Gasteiger partial charge in [0.05, 0.1) is 11.5 Å². The van der Waals surface area contributed by atoms with Crippen LogP contribution in [0.15, 0.2) is 23.1 Å². The van der Waals surface area contributed by atoms with Crippen LogP contribution in [-0.4, -0.2) is 16.7 Å². The van der Waals surface area contributed by atoms with Gasteiger partial charge in [-0.15, -0.1) is 3.89 Å². The van der Waals surface area contributed by atoms with Gasteiger partial charge in [0.2, 0.25) is 17.1 Å². The van der Waals surface area contributed by atoms with Crippen molar-refractivity contribution in [2.24, 2.45) is 5.73 Å². The highest BCUT2D eigenvalue weighted by atomic mass is 32.2. The van der Waals surface area contributed by atoms with Crippen LogP contribution in [0.25, 0.3) is 0 Å². The molecule has 1 aliphatic rings. The van der Waals surface area contributed by atoms with Gasteiger partial charge in [0.1, 0.15) is 5.75 Å². The molecule has 1 aliphatic heterocycles. The van der Waals surface area contributed by atoms with Gasteiger partial charge < -0.3 is 10.5 Å². The molecule has 0 fully saturated rings. The maximum absolute atomic E-state index is 12.6. The molecule has 4 nitrogen and oxygen atoms in total. The molecule has 0 spiro atoms. The number of halogens is 1. The largest absolute Gasteiger partial charge is 0.493 e. The van der Waals surface area contributed by atoms with E-state index in [0.717, 1.165) is 0 Å². The van der Waals surface area contributed by atoms with Crippen molar-refractivity contribution in [1.82, 2.24) is 0 Å². The highest BCUT2D eigenvalue weighted by Crippen LogP contribution is 2.36. The van der Waals surface area contributed by atoms with Gasteiger partial charge in [-0.05, 0) is 18.2 Å². The van der Waals surface area contributed by atoms with Crippen molar-refractivity contribution >= 4 is 17.1 Å². The maximum atomic E-state index is 12.6. The number of hydrogen-bond donors (Lipinski definition) is 1. The van der Waals surface area contributed by atoms with E-state index in [1.54, 1.807) is 6.07 Å². The lowest BCUT2D eigenvalue weighted by atomic mass is 9.98. The van der Waals surface area contributed by atoms with Crippen LogP contribution < -0.4 is 10.5 Å². The Bertz CT molecular complexity index is 463. The second kappa shape index (κ2) is 4.21. The Labute approximate surface area is 94.3 Å². The third-order valence-electron chi connectivity index (χ3n) is 2.49. The molecule has 0 aliphatic carbocycles. The van der Waals surface area contributed by atoms with Crippen LogP contribution in [0.1, 0.15) is 17.9 Å². The number of carbonyl (C=O) groups is 1. The van der Waals surface area contributed by atoms with Gasteiger partial charge in [-0.3, -0.25) is 4.79 Å². The lowest BCUT2D eigenvalue weighted by Crippen LogP contribution is -2.16. The summed E-state index contributed by atoms with van der Waals surface area (Å²) in [5, 5.41) is 0. The highest BCUT2D eigenvalue weighted by molar-refractivity contribution is 7.79. The Balaban J connectivity index is 2.33. The molecule has 0 aromatic heterocycles. The quantitative estimate of drug-likeness (QED) is 0.806. The van der Waals surface area contributed by atoms with Gasteiger partial charge in [-0.2, -0.15) is 0 Å². The summed E-state index contributed by atoms with van der Waals surface area (Å²) in [5.74, 6) is -0.00956. The normalized spacial score (nSPS) is 19.9. The Morgan fingerprint density at radius 2 is 2.38 bits per heavy atom. The summed E-state index contributed by atoms with van der Waals surface area (Å²) >= 11 is -2.52.